The van der Waals surface area contributed by atoms with Gasteiger partial charge in [-0.2, -0.15) is 0 Å². The predicted octanol–water partition coefficient (Wildman–Crippen LogP) is 10.0. The van der Waals surface area contributed by atoms with Crippen LogP contribution in [0.3, 0.4) is 0 Å². The number of carbonyl (C=O) groups is 4. The molecule has 13 heteroatoms. The Kier molecular flexibility index (Phi) is 18.6. The highest BCUT2D eigenvalue weighted by Gasteiger charge is 2.32. The smallest absolute Gasteiger partial charge is 0.333 e. The van der Waals surface area contributed by atoms with Crippen molar-refractivity contribution in [2.75, 3.05) is 89.2 Å². The van der Waals surface area contributed by atoms with Crippen LogP contribution in [0.2, 0.25) is 0 Å². The molecule has 6 aromatic rings. The Bertz CT molecular complexity index is 2530. The molecule has 1 aliphatic rings. The van der Waals surface area contributed by atoms with Gasteiger partial charge in [-0.3, -0.25) is 14.4 Å². The van der Waals surface area contributed by atoms with E-state index in [1.165, 1.54) is 39.2 Å². The van der Waals surface area contributed by atoms with E-state index in [2.05, 4.69) is 141 Å². The number of hydroxylamine groups is 2. The Morgan fingerprint density at radius 2 is 0.718 bits per heavy atom. The first kappa shape index (κ1) is 52.6. The summed E-state index contributed by atoms with van der Waals surface area (Å²) in [5.41, 5.74) is 11.8. The highest BCUT2D eigenvalue weighted by molar-refractivity contribution is 6.01. The summed E-state index contributed by atoms with van der Waals surface area (Å²) in [6.45, 7) is 0.699. The minimum atomic E-state index is -0.799. The maximum absolute atomic E-state index is 12.0. The quantitative estimate of drug-likeness (QED) is 0.0418. The molecule has 1 N–H and O–H groups in total. The third-order valence-electron chi connectivity index (χ3n) is 12.2. The van der Waals surface area contributed by atoms with Crippen LogP contribution in [0.1, 0.15) is 83.7 Å². The molecule has 71 heavy (non-hydrogen) atoms. The van der Waals surface area contributed by atoms with Gasteiger partial charge < -0.3 is 39.0 Å². The fourth-order valence-electron chi connectivity index (χ4n) is 8.15. The van der Waals surface area contributed by atoms with Crippen molar-refractivity contribution in [3.05, 3.63) is 179 Å². The lowest BCUT2D eigenvalue weighted by molar-refractivity contribution is -0.197. The molecule has 372 valence electrons. The van der Waals surface area contributed by atoms with E-state index in [-0.39, 0.29) is 37.5 Å². The van der Waals surface area contributed by atoms with Gasteiger partial charge in [-0.15, -0.1) is 5.06 Å². The van der Waals surface area contributed by atoms with Crippen LogP contribution in [0.25, 0.3) is 0 Å². The first-order chi connectivity index (χ1) is 34.1. The van der Waals surface area contributed by atoms with Crippen LogP contribution >= 0.6 is 0 Å². The maximum atomic E-state index is 12.0. The molecular formula is C58H67N5O8. The van der Waals surface area contributed by atoms with Gasteiger partial charge >= 0.3 is 11.9 Å². The van der Waals surface area contributed by atoms with E-state index in [0.717, 1.165) is 22.7 Å². The molecule has 1 aliphatic heterocycles. The zero-order valence-corrected chi connectivity index (χ0v) is 42.2. The highest BCUT2D eigenvalue weighted by atomic mass is 16.7. The number of hydrogen-bond acceptors (Lipinski definition) is 11. The third kappa shape index (κ3) is 14.9. The van der Waals surface area contributed by atoms with E-state index >= 15 is 0 Å². The van der Waals surface area contributed by atoms with Crippen molar-refractivity contribution in [1.29, 1.82) is 0 Å². The zero-order valence-electron chi connectivity index (χ0n) is 42.2. The van der Waals surface area contributed by atoms with Gasteiger partial charge in [0.25, 0.3) is 11.8 Å². The number of benzene rings is 6. The average Bonchev–Trinajstić information content (AvgIpc) is 3.68. The fourth-order valence-corrected chi connectivity index (χ4v) is 8.15. The predicted molar refractivity (Wildman–Crippen MR) is 282 cm³/mol. The van der Waals surface area contributed by atoms with Crippen molar-refractivity contribution in [2.45, 2.75) is 50.4 Å². The second-order valence-corrected chi connectivity index (χ2v) is 18.3. The largest absolute Gasteiger partial charge is 0.494 e. The van der Waals surface area contributed by atoms with Gasteiger partial charge in [0.15, 0.2) is 0 Å². The van der Waals surface area contributed by atoms with E-state index in [9.17, 15) is 19.2 Å². The molecule has 0 atom stereocenters. The SMILES string of the molecule is CN(C)c1ccc(C(c2ccc(OCCCC(=O)O)cc2)c2ccc(N(C)C)cc2)cc1.CN(C)c1ccc(C(c2ccc(OCCCC(=O)ON3C(=O)CCC3=O)cc2)c2ccc(N(C)C)cc2)cc1. The van der Waals surface area contributed by atoms with Crippen molar-refractivity contribution in [3.63, 3.8) is 0 Å². The number of carboxylic acids is 1. The number of anilines is 4. The van der Waals surface area contributed by atoms with E-state index in [0.29, 0.717) is 36.9 Å². The molecule has 1 saturated heterocycles. The lowest BCUT2D eigenvalue weighted by Crippen LogP contribution is -2.32. The zero-order chi connectivity index (χ0) is 51.0. The number of nitrogens with zero attached hydrogens (tertiary/aromatic N) is 5. The number of carbonyl (C=O) groups excluding carboxylic acids is 3. The van der Waals surface area contributed by atoms with E-state index in [1.807, 2.05) is 80.6 Å². The van der Waals surface area contributed by atoms with Crippen molar-refractivity contribution in [1.82, 2.24) is 5.06 Å². The number of ether oxygens (including phenoxy) is 2. The molecule has 7 rings (SSSR count). The normalized spacial score (nSPS) is 12.1. The Morgan fingerprint density at radius 1 is 0.451 bits per heavy atom. The summed E-state index contributed by atoms with van der Waals surface area (Å²) in [5.74, 6) is -0.782. The lowest BCUT2D eigenvalue weighted by atomic mass is 9.85. The minimum Gasteiger partial charge on any atom is -0.494 e. The second-order valence-electron chi connectivity index (χ2n) is 18.3. The number of amides is 2. The molecule has 0 bridgehead atoms. The van der Waals surface area contributed by atoms with Gasteiger partial charge in [0.1, 0.15) is 11.5 Å². The van der Waals surface area contributed by atoms with Gasteiger partial charge in [-0.05, 0) is 119 Å². The molecule has 0 saturated carbocycles. The van der Waals surface area contributed by atoms with Gasteiger partial charge in [0.05, 0.1) is 19.6 Å². The first-order valence-corrected chi connectivity index (χ1v) is 23.9. The van der Waals surface area contributed by atoms with Crippen LogP contribution < -0.4 is 29.1 Å². The maximum Gasteiger partial charge on any atom is 0.333 e. The Morgan fingerprint density at radius 3 is 0.986 bits per heavy atom. The van der Waals surface area contributed by atoms with Crippen LogP contribution in [0.5, 0.6) is 11.5 Å². The van der Waals surface area contributed by atoms with Crippen molar-refractivity contribution >= 4 is 46.5 Å². The molecule has 0 aromatic heterocycles. The fraction of sp³-hybridized carbons (Fsp3) is 0.310. The molecular weight excluding hydrogens is 895 g/mol. The summed E-state index contributed by atoms with van der Waals surface area (Å²) in [5, 5.41) is 9.33. The first-order valence-electron chi connectivity index (χ1n) is 23.9. The molecule has 0 radical (unpaired) electrons. The van der Waals surface area contributed by atoms with Crippen LogP contribution in [0.4, 0.5) is 22.7 Å². The van der Waals surface area contributed by atoms with Gasteiger partial charge in [-0.1, -0.05) is 72.8 Å². The molecule has 13 nitrogen and oxygen atoms in total. The monoisotopic (exact) mass is 961 g/mol. The van der Waals surface area contributed by atoms with Crippen molar-refractivity contribution in [2.24, 2.45) is 0 Å². The second kappa shape index (κ2) is 25.2. The number of hydrogen-bond donors (Lipinski definition) is 1. The number of aliphatic carboxylic acids is 1. The molecule has 0 spiro atoms. The summed E-state index contributed by atoms with van der Waals surface area (Å²) in [7, 11) is 16.3. The Labute approximate surface area is 418 Å². The van der Waals surface area contributed by atoms with Crippen LogP contribution in [-0.2, 0) is 24.0 Å². The Hall–Kier alpha value is -7.80. The van der Waals surface area contributed by atoms with E-state index < -0.39 is 23.8 Å². The molecule has 2 amide bonds. The topological polar surface area (TPSA) is 132 Å². The van der Waals surface area contributed by atoms with Crippen LogP contribution in [-0.4, -0.2) is 104 Å². The summed E-state index contributed by atoms with van der Waals surface area (Å²) >= 11 is 0. The highest BCUT2D eigenvalue weighted by Crippen LogP contribution is 2.36. The summed E-state index contributed by atoms with van der Waals surface area (Å²) in [4.78, 5) is 59.0. The average molecular weight is 962 g/mol. The lowest BCUT2D eigenvalue weighted by Gasteiger charge is -2.22. The number of rotatable bonds is 21. The molecule has 0 aliphatic carbocycles. The molecule has 1 heterocycles. The number of carboxylic acid groups (broad SMARTS) is 1. The van der Waals surface area contributed by atoms with Gasteiger partial charge in [0, 0.05) is 110 Å². The van der Waals surface area contributed by atoms with Crippen molar-refractivity contribution < 1.29 is 38.6 Å². The summed E-state index contributed by atoms with van der Waals surface area (Å²) in [6, 6.07) is 50.7. The number of imide groups is 1. The standard InChI is InChI=1S/C31H35N3O5.C27H32N2O3/c1-32(2)25-13-7-22(8-14-25)31(23-9-15-26(16-10-23)33(3)4)24-11-17-27(18-12-24)38-21-5-6-30(37)39-34-28(35)19-20-29(34)36;1-28(2)23-13-7-20(8-14-23)27(21-9-15-24(16-10-21)29(3)4)22-11-17-25(18-12-22)32-19-5-6-26(30)31/h7-18,31H,5-6,19-21H2,1-4H3;7-18,27H,5-6,19H2,1-4H3,(H,30,31). The van der Waals surface area contributed by atoms with Gasteiger partial charge in [0.2, 0.25) is 0 Å². The Balaban J connectivity index is 0.000000237. The molecule has 1 fully saturated rings. The summed E-state index contributed by atoms with van der Waals surface area (Å²) in [6.07, 6.45) is 1.21. The minimum absolute atomic E-state index is 0.0447. The molecule has 0 unspecified atom stereocenters. The van der Waals surface area contributed by atoms with Crippen LogP contribution in [0.15, 0.2) is 146 Å². The van der Waals surface area contributed by atoms with E-state index in [4.69, 9.17) is 19.4 Å². The van der Waals surface area contributed by atoms with Crippen molar-refractivity contribution in [3.8, 4) is 11.5 Å². The van der Waals surface area contributed by atoms with Crippen LogP contribution in [0, 0.1) is 0 Å². The van der Waals surface area contributed by atoms with E-state index in [1.54, 1.807) is 0 Å². The third-order valence-corrected chi connectivity index (χ3v) is 12.2. The molecule has 6 aromatic carbocycles. The van der Waals surface area contributed by atoms with Gasteiger partial charge in [-0.25, -0.2) is 4.79 Å². The summed E-state index contributed by atoms with van der Waals surface area (Å²) < 4.78 is 11.5.